The SMILES string of the molecule is CC(C)C[C@H](NC(=O)CNC(=O)[C@@H](N)Cc1ccc(O)cc1)C(=O)O. The third-order valence-electron chi connectivity index (χ3n) is 3.49. The van der Waals surface area contributed by atoms with E-state index in [4.69, 9.17) is 10.8 Å². The molecule has 0 aliphatic rings. The van der Waals surface area contributed by atoms with Crippen LogP contribution in [0.5, 0.6) is 5.75 Å². The molecule has 0 heterocycles. The molecule has 25 heavy (non-hydrogen) atoms. The summed E-state index contributed by atoms with van der Waals surface area (Å²) in [7, 11) is 0. The molecule has 1 aromatic rings. The van der Waals surface area contributed by atoms with Gasteiger partial charge < -0.3 is 26.6 Å². The molecule has 0 aliphatic heterocycles. The Kier molecular flexibility index (Phi) is 7.87. The van der Waals surface area contributed by atoms with Crippen LogP contribution < -0.4 is 16.4 Å². The topological polar surface area (TPSA) is 142 Å². The largest absolute Gasteiger partial charge is 0.508 e. The molecule has 1 aromatic carbocycles. The highest BCUT2D eigenvalue weighted by atomic mass is 16.4. The summed E-state index contributed by atoms with van der Waals surface area (Å²) in [6.07, 6.45) is 0.550. The number of aromatic hydroxyl groups is 1. The normalized spacial score (nSPS) is 13.1. The molecule has 0 radical (unpaired) electrons. The average Bonchev–Trinajstić information content (AvgIpc) is 2.53. The Bertz CT molecular complexity index is 601. The van der Waals surface area contributed by atoms with Crippen molar-refractivity contribution in [1.29, 1.82) is 0 Å². The molecular weight excluding hydrogens is 326 g/mol. The summed E-state index contributed by atoms with van der Waals surface area (Å²) in [6, 6.07) is 4.44. The van der Waals surface area contributed by atoms with E-state index in [1.807, 2.05) is 13.8 Å². The van der Waals surface area contributed by atoms with E-state index in [0.29, 0.717) is 6.42 Å². The van der Waals surface area contributed by atoms with Crippen LogP contribution in [0.1, 0.15) is 25.8 Å². The standard InChI is InChI=1S/C17H25N3O5/c1-10(2)7-14(17(24)25)20-15(22)9-19-16(23)13(18)8-11-3-5-12(21)6-4-11/h3-6,10,13-14,21H,7-9,18H2,1-2H3,(H,19,23)(H,20,22)(H,24,25)/t13-,14-/m0/s1. The molecule has 0 aromatic heterocycles. The predicted molar refractivity (Wildman–Crippen MR) is 91.8 cm³/mol. The lowest BCUT2D eigenvalue weighted by Gasteiger charge is -2.17. The maximum absolute atomic E-state index is 11.9. The van der Waals surface area contributed by atoms with Crippen molar-refractivity contribution in [1.82, 2.24) is 10.6 Å². The lowest BCUT2D eigenvalue weighted by Crippen LogP contribution is -2.49. The van der Waals surface area contributed by atoms with Crippen molar-refractivity contribution in [3.63, 3.8) is 0 Å². The lowest BCUT2D eigenvalue weighted by molar-refractivity contribution is -0.142. The van der Waals surface area contributed by atoms with Crippen LogP contribution in [0.25, 0.3) is 0 Å². The van der Waals surface area contributed by atoms with Gasteiger partial charge in [-0.2, -0.15) is 0 Å². The van der Waals surface area contributed by atoms with Gasteiger partial charge in [-0.25, -0.2) is 4.79 Å². The maximum atomic E-state index is 11.9. The number of rotatable bonds is 9. The molecule has 0 spiro atoms. The number of aliphatic carboxylic acids is 1. The molecule has 1 rings (SSSR count). The number of carbonyl (C=O) groups is 3. The van der Waals surface area contributed by atoms with E-state index in [-0.39, 0.29) is 24.6 Å². The molecule has 138 valence electrons. The second-order valence-corrected chi connectivity index (χ2v) is 6.28. The van der Waals surface area contributed by atoms with Crippen LogP contribution in [-0.4, -0.2) is 46.6 Å². The number of phenols is 1. The molecular formula is C17H25N3O5. The summed E-state index contributed by atoms with van der Waals surface area (Å²) in [5, 5.41) is 23.1. The molecule has 0 fully saturated rings. The van der Waals surface area contributed by atoms with E-state index in [1.54, 1.807) is 12.1 Å². The van der Waals surface area contributed by atoms with Crippen molar-refractivity contribution in [3.8, 4) is 5.75 Å². The average molecular weight is 351 g/mol. The first-order valence-corrected chi connectivity index (χ1v) is 8.02. The second-order valence-electron chi connectivity index (χ2n) is 6.28. The molecule has 8 heteroatoms. The predicted octanol–water partition coefficient (Wildman–Crippen LogP) is -0.00630. The smallest absolute Gasteiger partial charge is 0.326 e. The lowest BCUT2D eigenvalue weighted by atomic mass is 10.0. The van der Waals surface area contributed by atoms with Crippen molar-refractivity contribution in [3.05, 3.63) is 29.8 Å². The van der Waals surface area contributed by atoms with E-state index in [2.05, 4.69) is 10.6 Å². The first kappa shape index (κ1) is 20.4. The molecule has 8 nitrogen and oxygen atoms in total. The van der Waals surface area contributed by atoms with Crippen LogP contribution in [0.15, 0.2) is 24.3 Å². The number of benzene rings is 1. The minimum atomic E-state index is -1.11. The monoisotopic (exact) mass is 351 g/mol. The first-order chi connectivity index (χ1) is 11.7. The van der Waals surface area contributed by atoms with Gasteiger partial charge in [0.25, 0.3) is 0 Å². The van der Waals surface area contributed by atoms with E-state index < -0.39 is 29.9 Å². The van der Waals surface area contributed by atoms with Crippen LogP contribution in [0.3, 0.4) is 0 Å². The second kappa shape index (κ2) is 9.63. The Balaban J connectivity index is 2.44. The zero-order chi connectivity index (χ0) is 19.0. The van der Waals surface area contributed by atoms with Crippen molar-refractivity contribution >= 4 is 17.8 Å². The summed E-state index contributed by atoms with van der Waals surface area (Å²) >= 11 is 0. The van der Waals surface area contributed by atoms with Gasteiger partial charge in [-0.1, -0.05) is 26.0 Å². The zero-order valence-electron chi connectivity index (χ0n) is 14.4. The van der Waals surface area contributed by atoms with Crippen molar-refractivity contribution in [2.24, 2.45) is 11.7 Å². The molecule has 0 saturated carbocycles. The van der Waals surface area contributed by atoms with E-state index in [0.717, 1.165) is 5.56 Å². The third-order valence-corrected chi connectivity index (χ3v) is 3.49. The van der Waals surface area contributed by atoms with Crippen LogP contribution in [0.2, 0.25) is 0 Å². The van der Waals surface area contributed by atoms with Crippen LogP contribution in [0, 0.1) is 5.92 Å². The van der Waals surface area contributed by atoms with Gasteiger partial charge in [0, 0.05) is 0 Å². The number of carboxylic acid groups (broad SMARTS) is 1. The van der Waals surface area contributed by atoms with Crippen molar-refractivity contribution in [2.75, 3.05) is 6.54 Å². The summed E-state index contributed by atoms with van der Waals surface area (Å²) in [4.78, 5) is 34.8. The van der Waals surface area contributed by atoms with E-state index >= 15 is 0 Å². The van der Waals surface area contributed by atoms with Crippen LogP contribution in [0.4, 0.5) is 0 Å². The number of nitrogens with one attached hydrogen (secondary N) is 2. The van der Waals surface area contributed by atoms with Gasteiger partial charge in [-0.15, -0.1) is 0 Å². The fourth-order valence-electron chi connectivity index (χ4n) is 2.22. The molecule has 0 aliphatic carbocycles. The van der Waals surface area contributed by atoms with Gasteiger partial charge in [0.05, 0.1) is 12.6 Å². The fourth-order valence-corrected chi connectivity index (χ4v) is 2.22. The Morgan fingerprint density at radius 1 is 1.16 bits per heavy atom. The minimum absolute atomic E-state index is 0.106. The number of amides is 2. The van der Waals surface area contributed by atoms with Crippen molar-refractivity contribution in [2.45, 2.75) is 38.8 Å². The first-order valence-electron chi connectivity index (χ1n) is 8.02. The van der Waals surface area contributed by atoms with Crippen LogP contribution >= 0.6 is 0 Å². The third kappa shape index (κ3) is 7.67. The summed E-state index contributed by atoms with van der Waals surface area (Å²) < 4.78 is 0. The number of phenolic OH excluding ortho intramolecular Hbond substituents is 1. The number of carboxylic acids is 1. The quantitative estimate of drug-likeness (QED) is 0.424. The Morgan fingerprint density at radius 2 is 1.76 bits per heavy atom. The summed E-state index contributed by atoms with van der Waals surface area (Å²) in [5.74, 6) is -1.99. The highest BCUT2D eigenvalue weighted by Gasteiger charge is 2.22. The molecule has 2 atom stereocenters. The Labute approximate surface area is 146 Å². The Morgan fingerprint density at radius 3 is 2.28 bits per heavy atom. The fraction of sp³-hybridized carbons (Fsp3) is 0.471. The van der Waals surface area contributed by atoms with Gasteiger partial charge in [0.1, 0.15) is 11.8 Å². The molecule has 2 amide bonds. The van der Waals surface area contributed by atoms with Crippen LogP contribution in [-0.2, 0) is 20.8 Å². The van der Waals surface area contributed by atoms with E-state index in [9.17, 15) is 19.5 Å². The molecule has 0 saturated heterocycles. The highest BCUT2D eigenvalue weighted by molar-refractivity contribution is 5.89. The van der Waals surface area contributed by atoms with Crippen molar-refractivity contribution < 1.29 is 24.6 Å². The van der Waals surface area contributed by atoms with Gasteiger partial charge in [0.2, 0.25) is 11.8 Å². The van der Waals surface area contributed by atoms with E-state index in [1.165, 1.54) is 12.1 Å². The minimum Gasteiger partial charge on any atom is -0.508 e. The maximum Gasteiger partial charge on any atom is 0.326 e. The highest BCUT2D eigenvalue weighted by Crippen LogP contribution is 2.10. The molecule has 6 N–H and O–H groups in total. The van der Waals surface area contributed by atoms with Gasteiger partial charge in [0.15, 0.2) is 0 Å². The number of hydrogen-bond donors (Lipinski definition) is 5. The Hall–Kier alpha value is -2.61. The summed E-state index contributed by atoms with van der Waals surface area (Å²) in [5.41, 5.74) is 6.56. The number of carbonyl (C=O) groups excluding carboxylic acids is 2. The zero-order valence-corrected chi connectivity index (χ0v) is 14.4. The molecule has 0 unspecified atom stereocenters. The van der Waals surface area contributed by atoms with Gasteiger partial charge in [-0.05, 0) is 36.5 Å². The number of nitrogens with two attached hydrogens (primary N) is 1. The number of hydrogen-bond acceptors (Lipinski definition) is 5. The summed E-state index contributed by atoms with van der Waals surface area (Å²) in [6.45, 7) is 3.36. The molecule has 0 bridgehead atoms. The van der Waals surface area contributed by atoms with Gasteiger partial charge in [-0.3, -0.25) is 9.59 Å². The van der Waals surface area contributed by atoms with Gasteiger partial charge >= 0.3 is 5.97 Å².